The second kappa shape index (κ2) is 2.46. The zero-order valence-electron chi connectivity index (χ0n) is 5.79. The molecule has 11 heavy (non-hydrogen) atoms. The Kier molecular flexibility index (Phi) is 1.65. The van der Waals surface area contributed by atoms with E-state index in [0.29, 0.717) is 5.56 Å². The SMILES string of the molecule is Cc1coc(C#N)c1C(=O)O. The number of rotatable bonds is 1. The van der Waals surface area contributed by atoms with Crippen LogP contribution in [0.25, 0.3) is 0 Å². The molecule has 0 aliphatic carbocycles. The van der Waals surface area contributed by atoms with Gasteiger partial charge in [0, 0.05) is 5.56 Å². The molecule has 0 aromatic carbocycles. The Bertz CT molecular complexity index is 332. The van der Waals surface area contributed by atoms with Gasteiger partial charge in [-0.05, 0) is 6.92 Å². The van der Waals surface area contributed by atoms with Crippen molar-refractivity contribution in [2.45, 2.75) is 6.92 Å². The van der Waals surface area contributed by atoms with Gasteiger partial charge in [-0.15, -0.1) is 0 Å². The van der Waals surface area contributed by atoms with Crippen molar-refractivity contribution in [1.29, 1.82) is 5.26 Å². The molecule has 1 aromatic heterocycles. The van der Waals surface area contributed by atoms with Crippen LogP contribution in [0.5, 0.6) is 0 Å². The first kappa shape index (κ1) is 7.35. The molecule has 4 heteroatoms. The summed E-state index contributed by atoms with van der Waals surface area (Å²) in [6, 6.07) is 1.65. The van der Waals surface area contributed by atoms with Crippen molar-refractivity contribution < 1.29 is 14.3 Å². The normalized spacial score (nSPS) is 9.09. The zero-order chi connectivity index (χ0) is 8.43. The van der Waals surface area contributed by atoms with Crippen molar-refractivity contribution in [2.75, 3.05) is 0 Å². The van der Waals surface area contributed by atoms with Gasteiger partial charge in [0.15, 0.2) is 0 Å². The van der Waals surface area contributed by atoms with Crippen molar-refractivity contribution in [1.82, 2.24) is 0 Å². The minimum absolute atomic E-state index is 0.0486. The van der Waals surface area contributed by atoms with E-state index in [0.717, 1.165) is 0 Å². The second-order valence-corrected chi connectivity index (χ2v) is 2.04. The fourth-order valence-electron chi connectivity index (χ4n) is 0.792. The Labute approximate surface area is 62.7 Å². The Morgan fingerprint density at radius 1 is 1.82 bits per heavy atom. The lowest BCUT2D eigenvalue weighted by atomic mass is 10.2. The first-order chi connectivity index (χ1) is 5.16. The van der Waals surface area contributed by atoms with Gasteiger partial charge >= 0.3 is 5.97 Å². The third kappa shape index (κ3) is 1.08. The Balaban J connectivity index is 3.32. The summed E-state index contributed by atoms with van der Waals surface area (Å²) in [4.78, 5) is 10.5. The quantitative estimate of drug-likeness (QED) is 0.653. The number of carboxylic acids is 1. The van der Waals surface area contributed by atoms with Crippen molar-refractivity contribution in [3.05, 3.63) is 23.2 Å². The fraction of sp³-hybridized carbons (Fsp3) is 0.143. The summed E-state index contributed by atoms with van der Waals surface area (Å²) in [6.45, 7) is 1.58. The molecular weight excluding hydrogens is 146 g/mol. The molecule has 56 valence electrons. The number of carboxylic acid groups (broad SMARTS) is 1. The molecule has 0 aliphatic rings. The molecule has 0 bridgehead atoms. The van der Waals surface area contributed by atoms with Crippen LogP contribution in [0.15, 0.2) is 10.7 Å². The lowest BCUT2D eigenvalue weighted by molar-refractivity contribution is 0.0695. The maximum atomic E-state index is 10.5. The van der Waals surface area contributed by atoms with Crippen LogP contribution in [0.2, 0.25) is 0 Å². The Hall–Kier alpha value is -1.76. The number of aryl methyl sites for hydroxylation is 1. The van der Waals surface area contributed by atoms with E-state index in [2.05, 4.69) is 4.42 Å². The van der Waals surface area contributed by atoms with Gasteiger partial charge in [-0.2, -0.15) is 5.26 Å². The molecule has 4 nitrogen and oxygen atoms in total. The third-order valence-electron chi connectivity index (χ3n) is 1.29. The Morgan fingerprint density at radius 2 is 2.45 bits per heavy atom. The van der Waals surface area contributed by atoms with E-state index in [9.17, 15) is 4.79 Å². The predicted molar refractivity (Wildman–Crippen MR) is 35.1 cm³/mol. The number of furan rings is 1. The van der Waals surface area contributed by atoms with E-state index < -0.39 is 5.97 Å². The topological polar surface area (TPSA) is 74.2 Å². The van der Waals surface area contributed by atoms with Crippen LogP contribution < -0.4 is 0 Å². The highest BCUT2D eigenvalue weighted by Crippen LogP contribution is 2.14. The molecular formula is C7H5NO3. The highest BCUT2D eigenvalue weighted by molar-refractivity contribution is 5.91. The van der Waals surface area contributed by atoms with Gasteiger partial charge in [0.2, 0.25) is 5.76 Å². The van der Waals surface area contributed by atoms with Crippen molar-refractivity contribution in [3.63, 3.8) is 0 Å². The van der Waals surface area contributed by atoms with Gasteiger partial charge in [0.25, 0.3) is 0 Å². The lowest BCUT2D eigenvalue weighted by Gasteiger charge is -1.87. The van der Waals surface area contributed by atoms with Gasteiger partial charge in [-0.1, -0.05) is 0 Å². The van der Waals surface area contributed by atoms with E-state index in [1.807, 2.05) is 0 Å². The Morgan fingerprint density at radius 3 is 2.82 bits per heavy atom. The number of nitriles is 1. The second-order valence-electron chi connectivity index (χ2n) is 2.04. The van der Waals surface area contributed by atoms with Crippen LogP contribution in [0, 0.1) is 18.3 Å². The van der Waals surface area contributed by atoms with Gasteiger partial charge < -0.3 is 9.52 Å². The van der Waals surface area contributed by atoms with E-state index in [-0.39, 0.29) is 11.3 Å². The van der Waals surface area contributed by atoms with Gasteiger partial charge in [-0.25, -0.2) is 4.79 Å². The average molecular weight is 151 g/mol. The molecule has 1 rings (SSSR count). The van der Waals surface area contributed by atoms with E-state index in [4.69, 9.17) is 10.4 Å². The van der Waals surface area contributed by atoms with Crippen molar-refractivity contribution in [3.8, 4) is 6.07 Å². The number of aromatic carboxylic acids is 1. The number of hydrogen-bond donors (Lipinski definition) is 1. The minimum atomic E-state index is -1.13. The monoisotopic (exact) mass is 151 g/mol. The summed E-state index contributed by atoms with van der Waals surface area (Å²) in [6.07, 6.45) is 1.25. The molecule has 0 aliphatic heterocycles. The van der Waals surface area contributed by atoms with E-state index in [1.165, 1.54) is 6.26 Å². The molecule has 0 amide bonds. The zero-order valence-corrected chi connectivity index (χ0v) is 5.79. The number of carbonyl (C=O) groups is 1. The molecule has 0 atom stereocenters. The van der Waals surface area contributed by atoms with Crippen molar-refractivity contribution >= 4 is 5.97 Å². The van der Waals surface area contributed by atoms with E-state index >= 15 is 0 Å². The summed E-state index contributed by atoms with van der Waals surface area (Å²) < 4.78 is 4.66. The van der Waals surface area contributed by atoms with Crippen LogP contribution in [-0.4, -0.2) is 11.1 Å². The first-order valence-corrected chi connectivity index (χ1v) is 2.88. The molecule has 0 saturated heterocycles. The van der Waals surface area contributed by atoms with Crippen LogP contribution in [0.1, 0.15) is 21.7 Å². The summed E-state index contributed by atoms with van der Waals surface area (Å²) in [5.41, 5.74) is 0.418. The minimum Gasteiger partial charge on any atom is -0.478 e. The third-order valence-corrected chi connectivity index (χ3v) is 1.29. The number of nitrogens with zero attached hydrogens (tertiary/aromatic N) is 1. The highest BCUT2D eigenvalue weighted by atomic mass is 16.4. The largest absolute Gasteiger partial charge is 0.478 e. The van der Waals surface area contributed by atoms with Crippen LogP contribution in [-0.2, 0) is 0 Å². The highest BCUT2D eigenvalue weighted by Gasteiger charge is 2.16. The van der Waals surface area contributed by atoms with Crippen LogP contribution >= 0.6 is 0 Å². The van der Waals surface area contributed by atoms with Crippen LogP contribution in [0.4, 0.5) is 0 Å². The van der Waals surface area contributed by atoms with Crippen molar-refractivity contribution in [2.24, 2.45) is 0 Å². The number of hydrogen-bond acceptors (Lipinski definition) is 3. The molecule has 1 heterocycles. The smallest absolute Gasteiger partial charge is 0.340 e. The average Bonchev–Trinajstić information content (AvgIpc) is 2.30. The van der Waals surface area contributed by atoms with Crippen LogP contribution in [0.3, 0.4) is 0 Å². The summed E-state index contributed by atoms with van der Waals surface area (Å²) >= 11 is 0. The fourth-order valence-corrected chi connectivity index (χ4v) is 0.792. The summed E-state index contributed by atoms with van der Waals surface area (Å²) in [7, 11) is 0. The van der Waals surface area contributed by atoms with Gasteiger partial charge in [0.05, 0.1) is 6.26 Å². The van der Waals surface area contributed by atoms with E-state index in [1.54, 1.807) is 13.0 Å². The molecule has 0 saturated carbocycles. The molecule has 1 aromatic rings. The maximum Gasteiger partial charge on any atom is 0.340 e. The van der Waals surface area contributed by atoms with Gasteiger partial charge in [0.1, 0.15) is 11.6 Å². The molecule has 1 N–H and O–H groups in total. The lowest BCUT2D eigenvalue weighted by Crippen LogP contribution is -1.98. The summed E-state index contributed by atoms with van der Waals surface area (Å²) in [5, 5.41) is 16.9. The molecule has 0 unspecified atom stereocenters. The standard InChI is InChI=1S/C7H5NO3/c1-4-3-11-5(2-8)6(4)7(9)10/h3H,1H3,(H,9,10). The molecule has 0 radical (unpaired) electrons. The summed E-state index contributed by atoms with van der Waals surface area (Å²) in [5.74, 6) is -1.28. The molecule has 0 fully saturated rings. The predicted octanol–water partition coefficient (Wildman–Crippen LogP) is 1.16. The molecule has 0 spiro atoms. The van der Waals surface area contributed by atoms with Gasteiger partial charge in [-0.3, -0.25) is 0 Å². The maximum absolute atomic E-state index is 10.5. The first-order valence-electron chi connectivity index (χ1n) is 2.88.